The van der Waals surface area contributed by atoms with E-state index in [1.165, 1.54) is 0 Å². The fourth-order valence-electron chi connectivity index (χ4n) is 8.13. The van der Waals surface area contributed by atoms with Crippen LogP contribution in [0.25, 0.3) is 0 Å². The largest absolute Gasteiger partial charge is 0.458 e. The molecule has 0 spiro atoms. The minimum absolute atomic E-state index is 0.125. The number of morpholine rings is 1. The molecule has 4 bridgehead atoms. The molecule has 7 rings (SSSR count). The first-order chi connectivity index (χ1) is 17.3. The highest BCUT2D eigenvalue weighted by Crippen LogP contribution is 2.58. The zero-order chi connectivity index (χ0) is 24.8. The van der Waals surface area contributed by atoms with Crippen LogP contribution in [-0.4, -0.2) is 97.9 Å². The summed E-state index contributed by atoms with van der Waals surface area (Å²) >= 11 is 0. The van der Waals surface area contributed by atoms with Gasteiger partial charge in [-0.2, -0.15) is 0 Å². The molecule has 10 nitrogen and oxygen atoms in total. The average Bonchev–Trinajstić information content (AvgIpc) is 3.65. The van der Waals surface area contributed by atoms with Crippen LogP contribution in [-0.2, 0) is 42.8 Å². The van der Waals surface area contributed by atoms with Gasteiger partial charge in [0.1, 0.15) is 29.6 Å². The molecule has 0 aromatic heterocycles. The summed E-state index contributed by atoms with van der Waals surface area (Å²) in [5.41, 5.74) is -0.580. The second-order valence-corrected chi connectivity index (χ2v) is 12.0. The molecular formula is C26H35NO9. The molecule has 198 valence electrons. The third-order valence-electron chi connectivity index (χ3n) is 10.0. The van der Waals surface area contributed by atoms with Crippen molar-refractivity contribution in [2.75, 3.05) is 32.8 Å². The third-order valence-corrected chi connectivity index (χ3v) is 10.0. The second-order valence-electron chi connectivity index (χ2n) is 12.0. The second kappa shape index (κ2) is 8.38. The number of ether oxygens (including phenoxy) is 6. The Morgan fingerprint density at radius 2 is 1.72 bits per heavy atom. The van der Waals surface area contributed by atoms with E-state index in [-0.39, 0.29) is 24.7 Å². The summed E-state index contributed by atoms with van der Waals surface area (Å²) in [5.74, 6) is -1.86. The molecule has 10 heteroatoms. The number of rotatable bonds is 6. The van der Waals surface area contributed by atoms with Gasteiger partial charge in [0.2, 0.25) is 0 Å². The van der Waals surface area contributed by atoms with E-state index in [9.17, 15) is 14.4 Å². The topological polar surface area (TPSA) is 110 Å². The van der Waals surface area contributed by atoms with E-state index >= 15 is 0 Å². The van der Waals surface area contributed by atoms with Crippen LogP contribution < -0.4 is 0 Å². The first kappa shape index (κ1) is 23.4. The first-order valence-corrected chi connectivity index (χ1v) is 13.6. The van der Waals surface area contributed by atoms with E-state index in [4.69, 9.17) is 28.4 Å². The van der Waals surface area contributed by atoms with Crippen LogP contribution in [0, 0.1) is 29.6 Å². The van der Waals surface area contributed by atoms with Crippen molar-refractivity contribution in [3.8, 4) is 0 Å². The van der Waals surface area contributed by atoms with Gasteiger partial charge in [-0.05, 0) is 43.4 Å². The average molecular weight is 506 g/mol. The summed E-state index contributed by atoms with van der Waals surface area (Å²) in [6, 6.07) is 0. The molecule has 10 atom stereocenters. The quantitative estimate of drug-likeness (QED) is 0.378. The van der Waals surface area contributed by atoms with Crippen molar-refractivity contribution in [3.05, 3.63) is 0 Å². The molecule has 0 aromatic rings. The van der Waals surface area contributed by atoms with Gasteiger partial charge in [0.25, 0.3) is 0 Å². The van der Waals surface area contributed by atoms with E-state index in [1.54, 1.807) is 0 Å². The molecule has 0 amide bonds. The summed E-state index contributed by atoms with van der Waals surface area (Å²) in [7, 11) is 0. The van der Waals surface area contributed by atoms with E-state index < -0.39 is 59.8 Å². The third kappa shape index (κ3) is 3.40. The van der Waals surface area contributed by atoms with E-state index in [1.807, 2.05) is 4.90 Å². The molecule has 10 unspecified atom stereocenters. The Bertz CT molecular complexity index is 930. The maximum Gasteiger partial charge on any atom is 0.320 e. The van der Waals surface area contributed by atoms with Crippen molar-refractivity contribution in [1.29, 1.82) is 0 Å². The van der Waals surface area contributed by atoms with Crippen molar-refractivity contribution in [2.45, 2.75) is 81.8 Å². The minimum Gasteiger partial charge on any atom is -0.458 e. The van der Waals surface area contributed by atoms with Crippen molar-refractivity contribution < 1.29 is 42.8 Å². The molecule has 6 aliphatic heterocycles. The molecule has 0 N–H and O–H groups in total. The summed E-state index contributed by atoms with van der Waals surface area (Å²) in [6.45, 7) is 6.79. The zero-order valence-corrected chi connectivity index (χ0v) is 20.8. The van der Waals surface area contributed by atoms with Gasteiger partial charge in [-0.25, -0.2) is 0 Å². The number of fused-ring (bicyclic) bond motifs is 6. The van der Waals surface area contributed by atoms with Crippen molar-refractivity contribution in [2.24, 2.45) is 29.6 Å². The predicted octanol–water partition coefficient (Wildman–Crippen LogP) is 0.695. The Labute approximate surface area is 210 Å². The Morgan fingerprint density at radius 1 is 1.03 bits per heavy atom. The Kier molecular flexibility index (Phi) is 5.44. The van der Waals surface area contributed by atoms with E-state index in [2.05, 4.69) is 13.8 Å². The van der Waals surface area contributed by atoms with Gasteiger partial charge >= 0.3 is 17.9 Å². The number of carbonyl (C=O) groups is 3. The summed E-state index contributed by atoms with van der Waals surface area (Å²) in [5, 5.41) is 0. The van der Waals surface area contributed by atoms with Gasteiger partial charge < -0.3 is 28.4 Å². The molecule has 7 aliphatic rings. The maximum atomic E-state index is 13.8. The molecule has 0 radical (unpaired) electrons. The highest BCUT2D eigenvalue weighted by molar-refractivity contribution is 5.87. The molecule has 0 aromatic carbocycles. The standard InChI is InChI=1S/C26H35NO9/c1-12(2)26(9-13-14(10-26)16-4-3-15(13)32-16)36-25(30)19-18-20-23(35-24(18)29)22(21(19)34-20)33-17(28)11-27-5-7-31-8-6-27/h12-16,18-23H,3-11H2,1-2H3. The molecule has 6 heterocycles. The lowest BCUT2D eigenvalue weighted by Gasteiger charge is -2.37. The highest BCUT2D eigenvalue weighted by atomic mass is 16.7. The number of hydrogen-bond acceptors (Lipinski definition) is 10. The van der Waals surface area contributed by atoms with Gasteiger partial charge in [-0.15, -0.1) is 0 Å². The van der Waals surface area contributed by atoms with Gasteiger partial charge in [0.05, 0.1) is 32.0 Å². The Morgan fingerprint density at radius 3 is 2.39 bits per heavy atom. The monoisotopic (exact) mass is 505 g/mol. The lowest BCUT2D eigenvalue weighted by Crippen LogP contribution is -2.51. The van der Waals surface area contributed by atoms with Gasteiger partial charge in [-0.1, -0.05) is 13.8 Å². The van der Waals surface area contributed by atoms with Gasteiger partial charge in [-0.3, -0.25) is 19.3 Å². The molecular weight excluding hydrogens is 470 g/mol. The molecule has 1 saturated carbocycles. The van der Waals surface area contributed by atoms with Gasteiger partial charge in [0, 0.05) is 13.1 Å². The minimum atomic E-state index is -0.827. The smallest absolute Gasteiger partial charge is 0.320 e. The van der Waals surface area contributed by atoms with Gasteiger partial charge in [0.15, 0.2) is 12.2 Å². The van der Waals surface area contributed by atoms with Crippen LogP contribution in [0.1, 0.15) is 39.5 Å². The van der Waals surface area contributed by atoms with Crippen LogP contribution in [0.4, 0.5) is 0 Å². The van der Waals surface area contributed by atoms with Crippen molar-refractivity contribution in [3.63, 3.8) is 0 Å². The van der Waals surface area contributed by atoms with Crippen LogP contribution >= 0.6 is 0 Å². The zero-order valence-electron chi connectivity index (χ0n) is 20.8. The highest BCUT2D eigenvalue weighted by Gasteiger charge is 2.72. The van der Waals surface area contributed by atoms with Crippen molar-refractivity contribution >= 4 is 17.9 Å². The number of nitrogens with zero attached hydrogens (tertiary/aromatic N) is 1. The number of esters is 3. The van der Waals surface area contributed by atoms with Crippen LogP contribution in [0.2, 0.25) is 0 Å². The maximum absolute atomic E-state index is 13.8. The molecule has 1 aliphatic carbocycles. The lowest BCUT2D eigenvalue weighted by atomic mass is 9.78. The number of hydrogen-bond donors (Lipinski definition) is 0. The normalized spacial score (nSPS) is 48.5. The van der Waals surface area contributed by atoms with Crippen molar-refractivity contribution in [1.82, 2.24) is 4.90 Å². The van der Waals surface area contributed by atoms with Crippen LogP contribution in [0.15, 0.2) is 0 Å². The fourth-order valence-corrected chi connectivity index (χ4v) is 8.13. The Hall–Kier alpha value is -1.75. The van der Waals surface area contributed by atoms with Crippen LogP contribution in [0.5, 0.6) is 0 Å². The Balaban J connectivity index is 1.07. The van der Waals surface area contributed by atoms with E-state index in [0.29, 0.717) is 38.1 Å². The summed E-state index contributed by atoms with van der Waals surface area (Å²) in [6.07, 6.45) is 1.51. The SMILES string of the molecule is CC(C)C1(OC(=O)C2C3OC4C(OC(=O)C42)C3OC(=O)CN2CCOCC2)CC2C3CCC(O3)C2C1. The summed E-state index contributed by atoms with van der Waals surface area (Å²) < 4.78 is 35.3. The molecule has 7 fully saturated rings. The lowest BCUT2D eigenvalue weighted by molar-refractivity contribution is -0.179. The summed E-state index contributed by atoms with van der Waals surface area (Å²) in [4.78, 5) is 41.3. The predicted molar refractivity (Wildman–Crippen MR) is 120 cm³/mol. The molecule has 36 heavy (non-hydrogen) atoms. The first-order valence-electron chi connectivity index (χ1n) is 13.6. The number of carbonyl (C=O) groups excluding carboxylic acids is 3. The fraction of sp³-hybridized carbons (Fsp3) is 0.885. The van der Waals surface area contributed by atoms with E-state index in [0.717, 1.165) is 25.7 Å². The van der Waals surface area contributed by atoms with Crippen LogP contribution in [0.3, 0.4) is 0 Å². The molecule has 6 saturated heterocycles.